The zero-order valence-corrected chi connectivity index (χ0v) is 17.7. The standard InChI is InChI=1S/C25H31N5/c1-27-22-16-20(9-8-18(22)10-11-26)25-28-23-17-21(29-12-5-6-13-29)15-19-7-3-2-4-14-30(25)24(19)23/h8-9,15-17H,1-7,10-14,26H2. The van der Waals surface area contributed by atoms with Crippen molar-refractivity contribution in [1.82, 2.24) is 9.55 Å². The average molecular weight is 402 g/mol. The summed E-state index contributed by atoms with van der Waals surface area (Å²) in [4.78, 5) is 12.0. The molecule has 1 aromatic heterocycles. The Morgan fingerprint density at radius 2 is 1.83 bits per heavy atom. The molecule has 0 bridgehead atoms. The highest BCUT2D eigenvalue weighted by Crippen LogP contribution is 2.36. The van der Waals surface area contributed by atoms with E-state index in [0.717, 1.165) is 60.6 Å². The Morgan fingerprint density at radius 3 is 2.63 bits per heavy atom. The first kappa shape index (κ1) is 19.3. The molecule has 0 unspecified atom stereocenters. The lowest BCUT2D eigenvalue weighted by molar-refractivity contribution is 0.586. The van der Waals surface area contributed by atoms with Crippen LogP contribution in [0.15, 0.2) is 35.3 Å². The van der Waals surface area contributed by atoms with Crippen molar-refractivity contribution in [3.63, 3.8) is 0 Å². The van der Waals surface area contributed by atoms with Crippen molar-refractivity contribution in [2.75, 3.05) is 24.5 Å². The van der Waals surface area contributed by atoms with E-state index in [9.17, 15) is 0 Å². The van der Waals surface area contributed by atoms with E-state index < -0.39 is 0 Å². The van der Waals surface area contributed by atoms with Crippen LogP contribution >= 0.6 is 0 Å². The first-order valence-corrected chi connectivity index (χ1v) is 11.4. The minimum Gasteiger partial charge on any atom is -0.371 e. The van der Waals surface area contributed by atoms with Gasteiger partial charge in [0.15, 0.2) is 0 Å². The van der Waals surface area contributed by atoms with Crippen LogP contribution in [0.5, 0.6) is 0 Å². The molecule has 3 heterocycles. The maximum Gasteiger partial charge on any atom is 0.141 e. The van der Waals surface area contributed by atoms with Gasteiger partial charge in [0.2, 0.25) is 0 Å². The molecule has 0 atom stereocenters. The molecule has 0 saturated carbocycles. The molecule has 30 heavy (non-hydrogen) atoms. The van der Waals surface area contributed by atoms with Crippen molar-refractivity contribution in [2.24, 2.45) is 10.7 Å². The van der Waals surface area contributed by atoms with E-state index >= 15 is 0 Å². The Labute approximate surface area is 178 Å². The summed E-state index contributed by atoms with van der Waals surface area (Å²) in [5, 5.41) is 0. The zero-order valence-electron chi connectivity index (χ0n) is 17.7. The fourth-order valence-electron chi connectivity index (χ4n) is 5.10. The van der Waals surface area contributed by atoms with Gasteiger partial charge in [-0.1, -0.05) is 18.6 Å². The van der Waals surface area contributed by atoms with Gasteiger partial charge in [-0.25, -0.2) is 4.98 Å². The number of rotatable bonds is 5. The van der Waals surface area contributed by atoms with E-state index in [4.69, 9.17) is 10.7 Å². The van der Waals surface area contributed by atoms with Gasteiger partial charge in [0.05, 0.1) is 16.7 Å². The highest BCUT2D eigenvalue weighted by atomic mass is 15.1. The summed E-state index contributed by atoms with van der Waals surface area (Å²) in [6, 6.07) is 11.2. The summed E-state index contributed by atoms with van der Waals surface area (Å²) in [6.45, 7) is 7.73. The number of aliphatic imine (C=N–C) groups is 1. The SMILES string of the molecule is C=Nc1cc(-c2nc3cc(N4CCCC4)cc4c3n2CCCCC4)ccc1CCN. The van der Waals surface area contributed by atoms with Gasteiger partial charge in [-0.2, -0.15) is 0 Å². The Kier molecular flexibility index (Phi) is 5.30. The lowest BCUT2D eigenvalue weighted by Crippen LogP contribution is -2.18. The molecule has 0 spiro atoms. The Bertz CT molecular complexity index is 1070. The maximum atomic E-state index is 5.77. The van der Waals surface area contributed by atoms with E-state index in [2.05, 4.69) is 51.5 Å². The zero-order chi connectivity index (χ0) is 20.5. The summed E-state index contributed by atoms with van der Waals surface area (Å²) in [6.07, 6.45) is 8.26. The summed E-state index contributed by atoms with van der Waals surface area (Å²) < 4.78 is 2.45. The summed E-state index contributed by atoms with van der Waals surface area (Å²) in [5.74, 6) is 1.05. The Morgan fingerprint density at radius 1 is 1.00 bits per heavy atom. The third-order valence-corrected chi connectivity index (χ3v) is 6.63. The van der Waals surface area contributed by atoms with Gasteiger partial charge in [-0.05, 0) is 81.1 Å². The van der Waals surface area contributed by atoms with Gasteiger partial charge < -0.3 is 15.2 Å². The second-order valence-corrected chi connectivity index (χ2v) is 8.60. The van der Waals surface area contributed by atoms with Crippen LogP contribution in [0.2, 0.25) is 0 Å². The first-order chi connectivity index (χ1) is 14.8. The van der Waals surface area contributed by atoms with Gasteiger partial charge in [-0.15, -0.1) is 0 Å². The van der Waals surface area contributed by atoms with Gasteiger partial charge in [0, 0.05) is 30.9 Å². The topological polar surface area (TPSA) is 59.4 Å². The van der Waals surface area contributed by atoms with E-state index in [0.29, 0.717) is 6.54 Å². The fourth-order valence-corrected chi connectivity index (χ4v) is 5.10. The van der Waals surface area contributed by atoms with Crippen LogP contribution in [0.3, 0.4) is 0 Å². The predicted octanol–water partition coefficient (Wildman–Crippen LogP) is 4.86. The van der Waals surface area contributed by atoms with E-state index in [1.165, 1.54) is 48.9 Å². The van der Waals surface area contributed by atoms with Crippen molar-refractivity contribution < 1.29 is 0 Å². The third-order valence-electron chi connectivity index (χ3n) is 6.63. The van der Waals surface area contributed by atoms with Crippen molar-refractivity contribution in [3.05, 3.63) is 41.5 Å². The number of aromatic nitrogens is 2. The Balaban J connectivity index is 1.67. The summed E-state index contributed by atoms with van der Waals surface area (Å²) in [7, 11) is 0. The van der Waals surface area contributed by atoms with Gasteiger partial charge in [-0.3, -0.25) is 4.99 Å². The van der Waals surface area contributed by atoms with Crippen molar-refractivity contribution in [1.29, 1.82) is 0 Å². The van der Waals surface area contributed by atoms with Crippen LogP contribution in [0.4, 0.5) is 11.4 Å². The Hall–Kier alpha value is -2.66. The lowest BCUT2D eigenvalue weighted by Gasteiger charge is -2.21. The van der Waals surface area contributed by atoms with Crippen molar-refractivity contribution in [3.8, 4) is 11.4 Å². The molecule has 156 valence electrons. The van der Waals surface area contributed by atoms with Crippen LogP contribution in [0.25, 0.3) is 22.4 Å². The van der Waals surface area contributed by atoms with Gasteiger partial charge in [0.1, 0.15) is 5.82 Å². The molecular weight excluding hydrogens is 370 g/mol. The molecule has 5 rings (SSSR count). The smallest absolute Gasteiger partial charge is 0.141 e. The average Bonchev–Trinajstić information content (AvgIpc) is 3.40. The number of nitrogens with zero attached hydrogens (tertiary/aromatic N) is 4. The number of hydrogen-bond acceptors (Lipinski definition) is 4. The molecule has 2 N–H and O–H groups in total. The van der Waals surface area contributed by atoms with Crippen LogP contribution < -0.4 is 10.6 Å². The quantitative estimate of drug-likeness (QED) is 0.621. The predicted molar refractivity (Wildman–Crippen MR) is 126 cm³/mol. The molecule has 0 amide bonds. The molecule has 2 aromatic carbocycles. The molecule has 2 aliphatic rings. The van der Waals surface area contributed by atoms with Gasteiger partial charge in [0.25, 0.3) is 0 Å². The number of imidazole rings is 1. The fraction of sp³-hybridized carbons (Fsp3) is 0.440. The number of aryl methyl sites for hydroxylation is 2. The normalized spacial score (nSPS) is 16.6. The third kappa shape index (κ3) is 3.41. The monoisotopic (exact) mass is 401 g/mol. The number of hydrogen-bond donors (Lipinski definition) is 1. The van der Waals surface area contributed by atoms with Crippen LogP contribution in [-0.4, -0.2) is 35.9 Å². The molecule has 5 nitrogen and oxygen atoms in total. The molecule has 2 aliphatic heterocycles. The minimum absolute atomic E-state index is 0.614. The second kappa shape index (κ2) is 8.23. The van der Waals surface area contributed by atoms with E-state index in [1.54, 1.807) is 0 Å². The maximum absolute atomic E-state index is 5.77. The summed E-state index contributed by atoms with van der Waals surface area (Å²) >= 11 is 0. The lowest BCUT2D eigenvalue weighted by atomic mass is 10.0. The molecule has 5 heteroatoms. The van der Waals surface area contributed by atoms with E-state index in [-0.39, 0.29) is 0 Å². The molecule has 0 aliphatic carbocycles. The molecule has 3 aromatic rings. The van der Waals surface area contributed by atoms with Crippen LogP contribution in [0, 0.1) is 0 Å². The molecule has 1 saturated heterocycles. The molecule has 1 fully saturated rings. The van der Waals surface area contributed by atoms with Crippen molar-refractivity contribution >= 4 is 29.1 Å². The number of nitrogens with two attached hydrogens (primary N) is 1. The first-order valence-electron chi connectivity index (χ1n) is 11.4. The van der Waals surface area contributed by atoms with E-state index in [1.807, 2.05) is 0 Å². The van der Waals surface area contributed by atoms with Crippen LogP contribution in [0.1, 0.15) is 43.2 Å². The second-order valence-electron chi connectivity index (χ2n) is 8.60. The number of benzene rings is 2. The minimum atomic E-state index is 0.614. The highest BCUT2D eigenvalue weighted by molar-refractivity contribution is 5.87. The van der Waals surface area contributed by atoms with Gasteiger partial charge >= 0.3 is 0 Å². The summed E-state index contributed by atoms with van der Waals surface area (Å²) in [5.41, 5.74) is 14.2. The number of anilines is 1. The van der Waals surface area contributed by atoms with Crippen LogP contribution in [-0.2, 0) is 19.4 Å². The highest BCUT2D eigenvalue weighted by Gasteiger charge is 2.21. The van der Waals surface area contributed by atoms with Crippen molar-refractivity contribution in [2.45, 2.75) is 51.5 Å². The molecule has 0 radical (unpaired) electrons. The largest absolute Gasteiger partial charge is 0.371 e. The molecular formula is C25H31N5.